The van der Waals surface area contributed by atoms with Crippen LogP contribution in [0, 0.1) is 5.41 Å². The third-order valence-corrected chi connectivity index (χ3v) is 3.28. The molecule has 0 saturated heterocycles. The molecule has 96 valence electrons. The Bertz CT molecular complexity index is 611. The van der Waals surface area contributed by atoms with Crippen molar-refractivity contribution in [3.05, 3.63) is 30.0 Å². The lowest BCUT2D eigenvalue weighted by molar-refractivity contribution is -0.146. The molecule has 0 unspecified atom stereocenters. The standard InChI is InChI=1S/C14H17NO3/c1-14(2,13(17)18)7-9-8-15(3)10-5-4-6-11(16)12(9)10/h4-6,8,16H,7H2,1-3H3,(H,17,18). The Labute approximate surface area is 105 Å². The van der Waals surface area contributed by atoms with Crippen LogP contribution in [0.15, 0.2) is 24.4 Å². The average Bonchev–Trinajstić information content (AvgIpc) is 2.56. The van der Waals surface area contributed by atoms with Crippen LogP contribution in [0.3, 0.4) is 0 Å². The van der Waals surface area contributed by atoms with E-state index in [0.717, 1.165) is 16.5 Å². The maximum absolute atomic E-state index is 11.2. The van der Waals surface area contributed by atoms with Crippen molar-refractivity contribution in [2.45, 2.75) is 20.3 Å². The molecule has 0 aliphatic rings. The van der Waals surface area contributed by atoms with Gasteiger partial charge in [-0.15, -0.1) is 0 Å². The van der Waals surface area contributed by atoms with Gasteiger partial charge < -0.3 is 14.8 Å². The van der Waals surface area contributed by atoms with Gasteiger partial charge in [-0.3, -0.25) is 4.79 Å². The fourth-order valence-corrected chi connectivity index (χ4v) is 2.20. The van der Waals surface area contributed by atoms with Gasteiger partial charge in [0.15, 0.2) is 0 Å². The topological polar surface area (TPSA) is 62.5 Å². The number of aliphatic carboxylic acids is 1. The number of rotatable bonds is 3. The van der Waals surface area contributed by atoms with Crippen molar-refractivity contribution in [1.29, 1.82) is 0 Å². The molecule has 2 rings (SSSR count). The average molecular weight is 247 g/mol. The zero-order chi connectivity index (χ0) is 13.5. The molecule has 0 spiro atoms. The second kappa shape index (κ2) is 4.05. The number of fused-ring (bicyclic) bond motifs is 1. The van der Waals surface area contributed by atoms with Crippen LogP contribution >= 0.6 is 0 Å². The molecule has 2 aromatic rings. The number of benzene rings is 1. The highest BCUT2D eigenvalue weighted by Gasteiger charge is 2.29. The van der Waals surface area contributed by atoms with Gasteiger partial charge >= 0.3 is 5.97 Å². The molecular formula is C14H17NO3. The first-order valence-electron chi connectivity index (χ1n) is 5.82. The number of hydrogen-bond donors (Lipinski definition) is 2. The van der Waals surface area contributed by atoms with Gasteiger partial charge in [-0.2, -0.15) is 0 Å². The number of phenols is 1. The van der Waals surface area contributed by atoms with Crippen LogP contribution in [0.25, 0.3) is 10.9 Å². The Morgan fingerprint density at radius 1 is 1.39 bits per heavy atom. The lowest BCUT2D eigenvalue weighted by atomic mass is 9.86. The second-order valence-corrected chi connectivity index (χ2v) is 5.30. The molecule has 0 amide bonds. The minimum atomic E-state index is -0.851. The number of carbonyl (C=O) groups is 1. The summed E-state index contributed by atoms with van der Waals surface area (Å²) in [6.45, 7) is 3.38. The predicted octanol–water partition coefficient (Wildman–Crippen LogP) is 2.54. The third kappa shape index (κ3) is 1.94. The Morgan fingerprint density at radius 3 is 2.67 bits per heavy atom. The van der Waals surface area contributed by atoms with Gasteiger partial charge in [-0.25, -0.2) is 0 Å². The van der Waals surface area contributed by atoms with Gasteiger partial charge in [0.25, 0.3) is 0 Å². The summed E-state index contributed by atoms with van der Waals surface area (Å²) in [5, 5.41) is 19.9. The summed E-state index contributed by atoms with van der Waals surface area (Å²) in [6.07, 6.45) is 2.27. The zero-order valence-corrected chi connectivity index (χ0v) is 10.8. The van der Waals surface area contributed by atoms with E-state index in [-0.39, 0.29) is 5.75 Å². The van der Waals surface area contributed by atoms with Gasteiger partial charge in [0.05, 0.1) is 10.9 Å². The third-order valence-electron chi connectivity index (χ3n) is 3.28. The monoisotopic (exact) mass is 247 g/mol. The molecule has 0 saturated carbocycles. The largest absolute Gasteiger partial charge is 0.507 e. The van der Waals surface area contributed by atoms with Crippen molar-refractivity contribution < 1.29 is 15.0 Å². The molecule has 0 atom stereocenters. The lowest BCUT2D eigenvalue weighted by Crippen LogP contribution is -2.26. The van der Waals surface area contributed by atoms with Gasteiger partial charge in [-0.1, -0.05) is 6.07 Å². The van der Waals surface area contributed by atoms with Crippen LogP contribution in [0.1, 0.15) is 19.4 Å². The highest BCUT2D eigenvalue weighted by Crippen LogP contribution is 2.33. The molecule has 0 fully saturated rings. The molecule has 1 heterocycles. The SMILES string of the molecule is Cn1cc(CC(C)(C)C(=O)O)c2c(O)cccc21. The smallest absolute Gasteiger partial charge is 0.309 e. The minimum Gasteiger partial charge on any atom is -0.507 e. The van der Waals surface area contributed by atoms with Crippen LogP contribution in [0.5, 0.6) is 5.75 Å². The van der Waals surface area contributed by atoms with Gasteiger partial charge in [-0.05, 0) is 38.0 Å². The molecule has 0 radical (unpaired) electrons. The number of aryl methyl sites for hydroxylation is 1. The van der Waals surface area contributed by atoms with Crippen molar-refractivity contribution >= 4 is 16.9 Å². The lowest BCUT2D eigenvalue weighted by Gasteiger charge is -2.18. The van der Waals surface area contributed by atoms with E-state index >= 15 is 0 Å². The summed E-state index contributed by atoms with van der Waals surface area (Å²) in [6, 6.07) is 5.32. The van der Waals surface area contributed by atoms with E-state index in [9.17, 15) is 15.0 Å². The molecule has 0 aliphatic heterocycles. The van der Waals surface area contributed by atoms with Gasteiger partial charge in [0, 0.05) is 18.6 Å². The second-order valence-electron chi connectivity index (χ2n) is 5.30. The van der Waals surface area contributed by atoms with E-state index in [1.54, 1.807) is 26.0 Å². The molecule has 18 heavy (non-hydrogen) atoms. The molecule has 1 aromatic heterocycles. The molecule has 4 nitrogen and oxygen atoms in total. The normalized spacial score (nSPS) is 11.9. The van der Waals surface area contributed by atoms with E-state index in [0.29, 0.717) is 6.42 Å². The number of aromatic nitrogens is 1. The maximum atomic E-state index is 11.2. The minimum absolute atomic E-state index is 0.198. The molecular weight excluding hydrogens is 230 g/mol. The van der Waals surface area contributed by atoms with Crippen molar-refractivity contribution in [2.24, 2.45) is 12.5 Å². The summed E-state index contributed by atoms with van der Waals surface area (Å²) in [5.41, 5.74) is 0.917. The Morgan fingerprint density at radius 2 is 2.06 bits per heavy atom. The van der Waals surface area contributed by atoms with E-state index in [1.165, 1.54) is 0 Å². The van der Waals surface area contributed by atoms with Crippen molar-refractivity contribution in [1.82, 2.24) is 4.57 Å². The van der Waals surface area contributed by atoms with E-state index in [4.69, 9.17) is 0 Å². The number of carboxylic acids is 1. The highest BCUT2D eigenvalue weighted by molar-refractivity contribution is 5.90. The van der Waals surface area contributed by atoms with E-state index in [1.807, 2.05) is 23.9 Å². The molecule has 2 N–H and O–H groups in total. The highest BCUT2D eigenvalue weighted by atomic mass is 16.4. The number of hydrogen-bond acceptors (Lipinski definition) is 2. The van der Waals surface area contributed by atoms with Crippen molar-refractivity contribution in [3.63, 3.8) is 0 Å². The summed E-state index contributed by atoms with van der Waals surface area (Å²) < 4.78 is 1.91. The Hall–Kier alpha value is -1.97. The van der Waals surface area contributed by atoms with Crippen molar-refractivity contribution in [3.8, 4) is 5.75 Å². The maximum Gasteiger partial charge on any atom is 0.309 e. The number of aromatic hydroxyl groups is 1. The quantitative estimate of drug-likeness (QED) is 0.876. The Kier molecular flexibility index (Phi) is 2.81. The first kappa shape index (κ1) is 12.5. The van der Waals surface area contributed by atoms with Crippen LogP contribution in [0.4, 0.5) is 0 Å². The van der Waals surface area contributed by atoms with Gasteiger partial charge in [0.1, 0.15) is 5.75 Å². The first-order chi connectivity index (χ1) is 8.33. The number of carboxylic acid groups (broad SMARTS) is 1. The Balaban J connectivity index is 2.56. The zero-order valence-electron chi connectivity index (χ0n) is 10.8. The first-order valence-corrected chi connectivity index (χ1v) is 5.82. The molecule has 1 aromatic carbocycles. The van der Waals surface area contributed by atoms with Crippen LogP contribution in [-0.2, 0) is 18.3 Å². The van der Waals surface area contributed by atoms with Gasteiger partial charge in [0.2, 0.25) is 0 Å². The van der Waals surface area contributed by atoms with E-state index in [2.05, 4.69) is 0 Å². The van der Waals surface area contributed by atoms with Crippen LogP contribution in [-0.4, -0.2) is 20.7 Å². The number of nitrogens with zero attached hydrogens (tertiary/aromatic N) is 1. The summed E-state index contributed by atoms with van der Waals surface area (Å²) >= 11 is 0. The van der Waals surface area contributed by atoms with Crippen LogP contribution < -0.4 is 0 Å². The summed E-state index contributed by atoms with van der Waals surface area (Å²) in [4.78, 5) is 11.2. The number of phenolic OH excluding ortho intramolecular Hbond substituents is 1. The molecule has 0 aliphatic carbocycles. The fraction of sp³-hybridized carbons (Fsp3) is 0.357. The van der Waals surface area contributed by atoms with Crippen molar-refractivity contribution in [2.75, 3.05) is 0 Å². The fourth-order valence-electron chi connectivity index (χ4n) is 2.20. The summed E-state index contributed by atoms with van der Waals surface area (Å²) in [5.74, 6) is -0.640. The molecule has 0 bridgehead atoms. The summed E-state index contributed by atoms with van der Waals surface area (Å²) in [7, 11) is 1.89. The molecule has 4 heteroatoms. The predicted molar refractivity (Wildman–Crippen MR) is 69.7 cm³/mol. The van der Waals surface area contributed by atoms with E-state index < -0.39 is 11.4 Å². The van der Waals surface area contributed by atoms with Crippen LogP contribution in [0.2, 0.25) is 0 Å².